The van der Waals surface area contributed by atoms with Crippen LogP contribution in [0.25, 0.3) is 0 Å². The number of hydrogen-bond donors (Lipinski definition) is 0. The van der Waals surface area contributed by atoms with Gasteiger partial charge in [-0.05, 0) is 42.5 Å². The van der Waals surface area contributed by atoms with Gasteiger partial charge in [-0.1, -0.05) is 22.0 Å². The van der Waals surface area contributed by atoms with Gasteiger partial charge in [0, 0.05) is 24.1 Å². The summed E-state index contributed by atoms with van der Waals surface area (Å²) < 4.78 is 10.6. The van der Waals surface area contributed by atoms with E-state index in [0.717, 1.165) is 15.6 Å². The van der Waals surface area contributed by atoms with Crippen molar-refractivity contribution in [2.75, 3.05) is 33.9 Å². The molecule has 27 heavy (non-hydrogen) atoms. The summed E-state index contributed by atoms with van der Waals surface area (Å²) in [5.74, 6) is -0.545. The fraction of sp³-hybridized carbons (Fsp3) is 0.526. The minimum Gasteiger partial charge on any atom is -0.469 e. The van der Waals surface area contributed by atoms with Gasteiger partial charge < -0.3 is 14.4 Å². The molecule has 1 aromatic carbocycles. The third-order valence-electron chi connectivity index (χ3n) is 5.32. The largest absolute Gasteiger partial charge is 0.469 e. The number of carbonyl (C=O) groups excluding carboxylic acids is 3. The normalized spacial score (nSPS) is 20.0. The molecule has 2 aliphatic rings. The summed E-state index contributed by atoms with van der Waals surface area (Å²) in [4.78, 5) is 40.6. The van der Waals surface area contributed by atoms with Crippen molar-refractivity contribution in [1.82, 2.24) is 9.80 Å². The van der Waals surface area contributed by atoms with Crippen LogP contribution in [0.2, 0.25) is 0 Å². The molecule has 1 atom stereocenters. The van der Waals surface area contributed by atoms with E-state index < -0.39 is 12.1 Å². The zero-order chi connectivity index (χ0) is 19.6. The maximum Gasteiger partial charge on any atom is 0.410 e. The van der Waals surface area contributed by atoms with Gasteiger partial charge in [-0.2, -0.15) is 0 Å². The molecular weight excluding hydrogens is 416 g/mol. The molecule has 2 heterocycles. The molecule has 0 aromatic heterocycles. The molecule has 1 aromatic rings. The lowest BCUT2D eigenvalue weighted by Gasteiger charge is -2.40. The van der Waals surface area contributed by atoms with Crippen LogP contribution in [0.1, 0.15) is 30.0 Å². The number of rotatable bonds is 2. The maximum atomic E-state index is 13.3. The predicted octanol–water partition coefficient (Wildman–Crippen LogP) is 2.53. The van der Waals surface area contributed by atoms with Crippen molar-refractivity contribution in [3.05, 3.63) is 33.8 Å². The SMILES string of the molecule is COC(=O)C1CCN(C(=O)[C@H]2c3cc(Br)ccc3CCN2C(=O)OC)CC1. The first-order valence-electron chi connectivity index (χ1n) is 8.95. The van der Waals surface area contributed by atoms with Crippen molar-refractivity contribution >= 4 is 33.9 Å². The van der Waals surface area contributed by atoms with Crippen LogP contribution in [0.3, 0.4) is 0 Å². The molecule has 0 spiro atoms. The molecule has 8 heteroatoms. The molecular formula is C19H23BrN2O5. The highest BCUT2D eigenvalue weighted by atomic mass is 79.9. The number of likely N-dealkylation sites (tertiary alicyclic amines) is 1. The maximum absolute atomic E-state index is 13.3. The second kappa shape index (κ2) is 8.29. The molecule has 1 fully saturated rings. The molecule has 2 aliphatic heterocycles. The zero-order valence-electron chi connectivity index (χ0n) is 15.4. The molecule has 0 unspecified atom stereocenters. The van der Waals surface area contributed by atoms with Crippen molar-refractivity contribution in [3.63, 3.8) is 0 Å². The molecule has 0 radical (unpaired) electrons. The van der Waals surface area contributed by atoms with E-state index in [1.165, 1.54) is 19.1 Å². The first kappa shape index (κ1) is 19.7. The Hall–Kier alpha value is -2.09. The minimum absolute atomic E-state index is 0.136. The van der Waals surface area contributed by atoms with E-state index in [1.54, 1.807) is 4.90 Å². The highest BCUT2D eigenvalue weighted by molar-refractivity contribution is 9.10. The predicted molar refractivity (Wildman–Crippen MR) is 101 cm³/mol. The van der Waals surface area contributed by atoms with E-state index in [-0.39, 0.29) is 17.8 Å². The third kappa shape index (κ3) is 3.95. The Balaban J connectivity index is 1.85. The van der Waals surface area contributed by atoms with Crippen LogP contribution in [0.15, 0.2) is 22.7 Å². The lowest BCUT2D eigenvalue weighted by atomic mass is 9.90. The number of hydrogen-bond acceptors (Lipinski definition) is 5. The molecule has 2 amide bonds. The highest BCUT2D eigenvalue weighted by Crippen LogP contribution is 2.34. The standard InChI is InChI=1S/C19H23BrN2O5/c1-26-18(24)13-5-8-21(9-6-13)17(23)16-15-11-14(20)4-3-12(15)7-10-22(16)19(25)27-2/h3-4,11,13,16H,5-10H2,1-2H3/t16-/m1/s1. The quantitative estimate of drug-likeness (QED) is 0.663. The van der Waals surface area contributed by atoms with Crippen LogP contribution in [0.4, 0.5) is 4.79 Å². The number of fused-ring (bicyclic) bond motifs is 1. The lowest BCUT2D eigenvalue weighted by Crippen LogP contribution is -2.50. The van der Waals surface area contributed by atoms with Gasteiger partial charge in [-0.25, -0.2) is 4.79 Å². The molecule has 0 saturated carbocycles. The third-order valence-corrected chi connectivity index (χ3v) is 5.81. The number of amides is 2. The Morgan fingerprint density at radius 2 is 1.78 bits per heavy atom. The van der Waals surface area contributed by atoms with Gasteiger partial charge in [-0.15, -0.1) is 0 Å². The van der Waals surface area contributed by atoms with Crippen LogP contribution in [-0.2, 0) is 25.5 Å². The van der Waals surface area contributed by atoms with Gasteiger partial charge in [0.15, 0.2) is 0 Å². The molecule has 7 nitrogen and oxygen atoms in total. The van der Waals surface area contributed by atoms with Gasteiger partial charge in [0.05, 0.1) is 20.1 Å². The summed E-state index contributed by atoms with van der Waals surface area (Å²) in [5, 5.41) is 0. The second-order valence-electron chi connectivity index (χ2n) is 6.78. The molecule has 0 N–H and O–H groups in total. The van der Waals surface area contributed by atoms with Crippen molar-refractivity contribution in [1.29, 1.82) is 0 Å². The van der Waals surface area contributed by atoms with Crippen LogP contribution >= 0.6 is 15.9 Å². The Morgan fingerprint density at radius 1 is 1.07 bits per heavy atom. The number of piperidine rings is 1. The summed E-state index contributed by atoms with van der Waals surface area (Å²) >= 11 is 3.46. The van der Waals surface area contributed by atoms with Gasteiger partial charge >= 0.3 is 12.1 Å². The van der Waals surface area contributed by atoms with Crippen LogP contribution in [0, 0.1) is 5.92 Å². The number of esters is 1. The van der Waals surface area contributed by atoms with Gasteiger partial charge in [0.25, 0.3) is 0 Å². The second-order valence-corrected chi connectivity index (χ2v) is 7.70. The Bertz CT molecular complexity index is 746. The van der Waals surface area contributed by atoms with E-state index >= 15 is 0 Å². The number of methoxy groups -OCH3 is 2. The topological polar surface area (TPSA) is 76.2 Å². The summed E-state index contributed by atoms with van der Waals surface area (Å²) in [5.41, 5.74) is 1.88. The number of carbonyl (C=O) groups is 3. The summed E-state index contributed by atoms with van der Waals surface area (Å²) in [6, 6.07) is 5.11. The fourth-order valence-electron chi connectivity index (χ4n) is 3.84. The van der Waals surface area contributed by atoms with E-state index in [9.17, 15) is 14.4 Å². The van der Waals surface area contributed by atoms with E-state index in [2.05, 4.69) is 15.9 Å². The Morgan fingerprint density at radius 3 is 2.41 bits per heavy atom. The van der Waals surface area contributed by atoms with Crippen molar-refractivity contribution in [2.24, 2.45) is 5.92 Å². The average Bonchev–Trinajstić information content (AvgIpc) is 2.71. The van der Waals surface area contributed by atoms with Gasteiger partial charge in [0.1, 0.15) is 6.04 Å². The van der Waals surface area contributed by atoms with Crippen molar-refractivity contribution in [3.8, 4) is 0 Å². The van der Waals surface area contributed by atoms with Crippen molar-refractivity contribution in [2.45, 2.75) is 25.3 Å². The van der Waals surface area contributed by atoms with E-state index in [1.807, 2.05) is 18.2 Å². The molecule has 0 aliphatic carbocycles. The molecule has 0 bridgehead atoms. The van der Waals surface area contributed by atoms with E-state index in [0.29, 0.717) is 38.9 Å². The van der Waals surface area contributed by atoms with Gasteiger partial charge in [0.2, 0.25) is 5.91 Å². The van der Waals surface area contributed by atoms with Crippen molar-refractivity contribution < 1.29 is 23.9 Å². The average molecular weight is 439 g/mol. The number of ether oxygens (including phenoxy) is 2. The van der Waals surface area contributed by atoms with Gasteiger partial charge in [-0.3, -0.25) is 14.5 Å². The van der Waals surface area contributed by atoms with Crippen LogP contribution in [-0.4, -0.2) is 61.6 Å². The van der Waals surface area contributed by atoms with E-state index in [4.69, 9.17) is 9.47 Å². The molecule has 146 valence electrons. The minimum atomic E-state index is -0.714. The highest BCUT2D eigenvalue weighted by Gasteiger charge is 2.40. The molecule has 3 rings (SSSR count). The Kier molecular flexibility index (Phi) is 6.04. The summed E-state index contributed by atoms with van der Waals surface area (Å²) in [6.45, 7) is 1.36. The summed E-state index contributed by atoms with van der Waals surface area (Å²) in [7, 11) is 2.70. The monoisotopic (exact) mass is 438 g/mol. The number of halogens is 1. The lowest BCUT2D eigenvalue weighted by molar-refractivity contribution is -0.149. The fourth-order valence-corrected chi connectivity index (χ4v) is 4.22. The van der Waals surface area contributed by atoms with Crippen LogP contribution in [0.5, 0.6) is 0 Å². The Labute approximate surface area is 166 Å². The first-order valence-corrected chi connectivity index (χ1v) is 9.75. The number of nitrogens with zero attached hydrogens (tertiary/aromatic N) is 2. The zero-order valence-corrected chi connectivity index (χ0v) is 17.0. The summed E-state index contributed by atoms with van der Waals surface area (Å²) in [6.07, 6.45) is 1.29. The first-order chi connectivity index (χ1) is 13.0. The smallest absolute Gasteiger partial charge is 0.410 e. The van der Waals surface area contributed by atoms with Crippen LogP contribution < -0.4 is 0 Å². The molecule has 1 saturated heterocycles. The number of benzene rings is 1.